The third-order valence-corrected chi connectivity index (χ3v) is 3.20. The Morgan fingerprint density at radius 3 is 2.84 bits per heavy atom. The van der Waals surface area contributed by atoms with Crippen LogP contribution in [0.5, 0.6) is 0 Å². The first-order valence-corrected chi connectivity index (χ1v) is 5.98. The number of hydrogen-bond donors (Lipinski definition) is 2. The van der Waals surface area contributed by atoms with Crippen LogP contribution in [0.3, 0.4) is 0 Å². The van der Waals surface area contributed by atoms with Gasteiger partial charge >= 0.3 is 11.6 Å². The molecule has 0 bridgehead atoms. The summed E-state index contributed by atoms with van der Waals surface area (Å²) in [6, 6.07) is 4.20. The molecule has 0 saturated carbocycles. The van der Waals surface area contributed by atoms with Crippen LogP contribution >= 0.6 is 11.6 Å². The van der Waals surface area contributed by atoms with Gasteiger partial charge < -0.3 is 15.3 Å². The van der Waals surface area contributed by atoms with E-state index in [1.807, 2.05) is 6.92 Å². The van der Waals surface area contributed by atoms with Crippen molar-refractivity contribution in [3.05, 3.63) is 44.8 Å². The molecule has 0 saturated heterocycles. The number of fused-ring (bicyclic) bond motifs is 1. The number of carboxylic acid groups (broad SMARTS) is 1. The average molecular weight is 282 g/mol. The molecule has 1 atom stereocenters. The van der Waals surface area contributed by atoms with Gasteiger partial charge in [-0.25, -0.2) is 4.79 Å². The maximum absolute atomic E-state index is 11.8. The zero-order valence-corrected chi connectivity index (χ0v) is 10.9. The minimum atomic E-state index is -1.10. The third kappa shape index (κ3) is 2.62. The number of aryl methyl sites for hydroxylation is 1. The lowest BCUT2D eigenvalue weighted by molar-refractivity contribution is -0.137. The Balaban J connectivity index is 2.67. The van der Waals surface area contributed by atoms with E-state index >= 15 is 0 Å². The molecule has 1 aromatic heterocycles. The molecule has 2 aromatic rings. The van der Waals surface area contributed by atoms with Crippen molar-refractivity contribution < 1.29 is 14.3 Å². The van der Waals surface area contributed by atoms with Gasteiger partial charge in [0.2, 0.25) is 0 Å². The molecule has 1 heterocycles. The van der Waals surface area contributed by atoms with Crippen LogP contribution in [-0.2, 0) is 4.79 Å². The van der Waals surface area contributed by atoms with Gasteiger partial charge in [-0.2, -0.15) is 0 Å². The number of carboxylic acids is 1. The monoisotopic (exact) mass is 281 g/mol. The average Bonchev–Trinajstić information content (AvgIpc) is 2.29. The van der Waals surface area contributed by atoms with E-state index in [9.17, 15) is 9.59 Å². The molecule has 3 N–H and O–H groups in total. The Kier molecular flexibility index (Phi) is 3.59. The second-order valence-electron chi connectivity index (χ2n) is 4.32. The summed E-state index contributed by atoms with van der Waals surface area (Å²) < 4.78 is 5.12. The molecule has 100 valence electrons. The van der Waals surface area contributed by atoms with Crippen molar-refractivity contribution in [3.8, 4) is 0 Å². The summed E-state index contributed by atoms with van der Waals surface area (Å²) in [6.07, 6.45) is -0.387. The van der Waals surface area contributed by atoms with Gasteiger partial charge in [0, 0.05) is 11.4 Å². The zero-order chi connectivity index (χ0) is 14.2. The number of rotatable bonds is 3. The van der Waals surface area contributed by atoms with Crippen LogP contribution in [0.15, 0.2) is 27.4 Å². The van der Waals surface area contributed by atoms with Gasteiger partial charge in [0.1, 0.15) is 5.58 Å². The zero-order valence-electron chi connectivity index (χ0n) is 10.1. The highest BCUT2D eigenvalue weighted by Gasteiger charge is 2.21. The van der Waals surface area contributed by atoms with Crippen LogP contribution in [-0.4, -0.2) is 11.1 Å². The lowest BCUT2D eigenvalue weighted by Gasteiger charge is -2.11. The SMILES string of the molecule is Cc1ccc2oc(=O)c(C(N)CC(=O)O)c(Cl)c2c1. The van der Waals surface area contributed by atoms with Crippen LogP contribution in [0.25, 0.3) is 11.0 Å². The molecule has 0 amide bonds. The molecule has 0 fully saturated rings. The highest BCUT2D eigenvalue weighted by Crippen LogP contribution is 2.29. The number of benzene rings is 1. The quantitative estimate of drug-likeness (QED) is 0.842. The molecule has 1 unspecified atom stereocenters. The Bertz CT molecular complexity index is 708. The molecule has 1 aromatic carbocycles. The molecule has 0 aliphatic rings. The van der Waals surface area contributed by atoms with Crippen LogP contribution < -0.4 is 11.4 Å². The summed E-state index contributed by atoms with van der Waals surface area (Å²) in [7, 11) is 0. The number of aliphatic carboxylic acids is 1. The molecule has 5 nitrogen and oxygen atoms in total. The molecule has 2 rings (SSSR count). The van der Waals surface area contributed by atoms with Crippen molar-refractivity contribution >= 4 is 28.5 Å². The van der Waals surface area contributed by atoms with Gasteiger partial charge in [-0.3, -0.25) is 4.79 Å². The molecule has 0 radical (unpaired) electrons. The van der Waals surface area contributed by atoms with Crippen LogP contribution in [0.1, 0.15) is 23.6 Å². The van der Waals surface area contributed by atoms with Crippen molar-refractivity contribution in [2.75, 3.05) is 0 Å². The van der Waals surface area contributed by atoms with Crippen LogP contribution in [0.2, 0.25) is 5.02 Å². The summed E-state index contributed by atoms with van der Waals surface area (Å²) in [5.74, 6) is -1.10. The number of carbonyl (C=O) groups is 1. The maximum Gasteiger partial charge on any atom is 0.342 e. The number of nitrogens with two attached hydrogens (primary N) is 1. The number of hydrogen-bond acceptors (Lipinski definition) is 4. The third-order valence-electron chi connectivity index (χ3n) is 2.80. The lowest BCUT2D eigenvalue weighted by atomic mass is 10.0. The minimum Gasteiger partial charge on any atom is -0.481 e. The van der Waals surface area contributed by atoms with E-state index in [0.717, 1.165) is 5.56 Å². The number of halogens is 1. The van der Waals surface area contributed by atoms with Crippen LogP contribution in [0.4, 0.5) is 0 Å². The predicted molar refractivity (Wildman–Crippen MR) is 71.4 cm³/mol. The van der Waals surface area contributed by atoms with E-state index in [1.54, 1.807) is 18.2 Å². The van der Waals surface area contributed by atoms with Crippen molar-refractivity contribution in [1.82, 2.24) is 0 Å². The Labute approximate surface area is 113 Å². The second-order valence-corrected chi connectivity index (χ2v) is 4.70. The van der Waals surface area contributed by atoms with Gasteiger partial charge in [0.15, 0.2) is 0 Å². The van der Waals surface area contributed by atoms with E-state index in [0.29, 0.717) is 11.0 Å². The lowest BCUT2D eigenvalue weighted by Crippen LogP contribution is -2.22. The second kappa shape index (κ2) is 5.03. The highest BCUT2D eigenvalue weighted by molar-refractivity contribution is 6.36. The fraction of sp³-hybridized carbons (Fsp3) is 0.231. The fourth-order valence-corrected chi connectivity index (χ4v) is 2.26. The van der Waals surface area contributed by atoms with E-state index in [-0.39, 0.29) is 17.0 Å². The van der Waals surface area contributed by atoms with E-state index in [1.165, 1.54) is 0 Å². The van der Waals surface area contributed by atoms with Gasteiger partial charge in [-0.05, 0) is 19.1 Å². The standard InChI is InChI=1S/C13H12ClNO4/c1-6-2-3-9-7(4-6)12(14)11(13(18)19-9)8(15)5-10(16)17/h2-4,8H,5,15H2,1H3,(H,16,17). The van der Waals surface area contributed by atoms with Crippen LogP contribution in [0, 0.1) is 6.92 Å². The first kappa shape index (κ1) is 13.6. The highest BCUT2D eigenvalue weighted by atomic mass is 35.5. The molecule has 0 aliphatic heterocycles. The van der Waals surface area contributed by atoms with Gasteiger partial charge in [0.25, 0.3) is 0 Å². The molecular formula is C13H12ClNO4. The summed E-state index contributed by atoms with van der Waals surface area (Å²) in [4.78, 5) is 22.5. The van der Waals surface area contributed by atoms with Gasteiger partial charge in [-0.1, -0.05) is 23.2 Å². The largest absolute Gasteiger partial charge is 0.481 e. The molecule has 6 heteroatoms. The van der Waals surface area contributed by atoms with Gasteiger partial charge in [-0.15, -0.1) is 0 Å². The fourth-order valence-electron chi connectivity index (χ4n) is 1.90. The first-order chi connectivity index (χ1) is 8.90. The summed E-state index contributed by atoms with van der Waals surface area (Å²) in [5, 5.41) is 9.44. The smallest absolute Gasteiger partial charge is 0.342 e. The topological polar surface area (TPSA) is 93.5 Å². The Morgan fingerprint density at radius 2 is 2.21 bits per heavy atom. The predicted octanol–water partition coefficient (Wildman–Crippen LogP) is 2.23. The Hall–Kier alpha value is -1.85. The summed E-state index contributed by atoms with van der Waals surface area (Å²) >= 11 is 6.16. The Morgan fingerprint density at radius 1 is 1.53 bits per heavy atom. The van der Waals surface area contributed by atoms with Crippen molar-refractivity contribution in [2.24, 2.45) is 5.73 Å². The first-order valence-electron chi connectivity index (χ1n) is 5.60. The van der Waals surface area contributed by atoms with Gasteiger partial charge in [0.05, 0.1) is 17.0 Å². The van der Waals surface area contributed by atoms with Crippen molar-refractivity contribution in [2.45, 2.75) is 19.4 Å². The molecule has 19 heavy (non-hydrogen) atoms. The van der Waals surface area contributed by atoms with E-state index < -0.39 is 17.6 Å². The van der Waals surface area contributed by atoms with Crippen molar-refractivity contribution in [1.29, 1.82) is 0 Å². The molecule has 0 spiro atoms. The van der Waals surface area contributed by atoms with E-state index in [4.69, 9.17) is 26.9 Å². The molecule has 0 aliphatic carbocycles. The minimum absolute atomic E-state index is 0.00201. The normalized spacial score (nSPS) is 12.6. The van der Waals surface area contributed by atoms with E-state index in [2.05, 4.69) is 0 Å². The van der Waals surface area contributed by atoms with Crippen molar-refractivity contribution in [3.63, 3.8) is 0 Å². The summed E-state index contributed by atoms with van der Waals surface area (Å²) in [5.41, 5.74) is 6.30. The maximum atomic E-state index is 11.8. The molecular weight excluding hydrogens is 270 g/mol. The summed E-state index contributed by atoms with van der Waals surface area (Å²) in [6.45, 7) is 1.87.